The van der Waals surface area contributed by atoms with Crippen LogP contribution in [0.5, 0.6) is 5.75 Å². The number of carbonyl (C=O) groups excluding carboxylic acids is 1. The van der Waals surface area contributed by atoms with Crippen molar-refractivity contribution in [2.75, 3.05) is 7.11 Å². The van der Waals surface area contributed by atoms with Gasteiger partial charge in [-0.15, -0.1) is 0 Å². The predicted octanol–water partition coefficient (Wildman–Crippen LogP) is 3.44. The van der Waals surface area contributed by atoms with Crippen LogP contribution < -0.4 is 4.74 Å². The molecule has 0 unspecified atom stereocenters. The Balaban J connectivity index is 3.37. The van der Waals surface area contributed by atoms with Crippen molar-refractivity contribution in [3.8, 4) is 5.75 Å². The number of benzene rings is 1. The quantitative estimate of drug-likeness (QED) is 0.628. The fraction of sp³-hybridized carbons (Fsp3) is 0.300. The van der Waals surface area contributed by atoms with E-state index in [2.05, 4.69) is 0 Å². The van der Waals surface area contributed by atoms with Crippen LogP contribution in [0, 0.1) is 3.57 Å². The highest BCUT2D eigenvalue weighted by Gasteiger charge is 2.17. The largest absolute Gasteiger partial charge is 0.496 e. The van der Waals surface area contributed by atoms with Crippen LogP contribution in [0.3, 0.4) is 0 Å². The van der Waals surface area contributed by atoms with Gasteiger partial charge in [0.2, 0.25) is 0 Å². The molecule has 0 aliphatic heterocycles. The Bertz CT molecular complexity index is 391. The Hall–Kier alpha value is -0.720. The Morgan fingerprint density at radius 3 is 2.47 bits per heavy atom. The highest BCUT2D eigenvalue weighted by molar-refractivity contribution is 14.1. The van der Waals surface area contributed by atoms with E-state index in [-0.39, 0.29) is 16.9 Å². The van der Waals surface area contributed by atoms with E-state index in [1.165, 1.54) is 26.2 Å². The molecule has 5 heteroatoms. The molecule has 0 bridgehead atoms. The second-order valence-electron chi connectivity index (χ2n) is 2.93. The Kier molecular flexibility index (Phi) is 4.01. The van der Waals surface area contributed by atoms with E-state index in [0.29, 0.717) is 9.32 Å². The summed E-state index contributed by atoms with van der Waals surface area (Å²) < 4.78 is 30.4. The number of ether oxygens (including phenoxy) is 1. The molecule has 0 aliphatic carbocycles. The Morgan fingerprint density at radius 2 is 2.07 bits per heavy atom. The molecule has 0 saturated heterocycles. The second-order valence-corrected chi connectivity index (χ2v) is 4.09. The van der Waals surface area contributed by atoms with Crippen LogP contribution >= 0.6 is 22.6 Å². The minimum absolute atomic E-state index is 0.137. The van der Waals surface area contributed by atoms with Gasteiger partial charge in [-0.05, 0) is 41.6 Å². The van der Waals surface area contributed by atoms with Gasteiger partial charge >= 0.3 is 0 Å². The van der Waals surface area contributed by atoms with Crippen LogP contribution in [0.15, 0.2) is 12.1 Å². The third kappa shape index (κ3) is 2.64. The standard InChI is InChI=1S/C10H9F2IO2/c1-5(14)6-3-7(10(11)12)8(13)4-9(6)15-2/h3-4,10H,1-2H3. The van der Waals surface area contributed by atoms with Gasteiger partial charge in [0.1, 0.15) is 5.75 Å². The summed E-state index contributed by atoms with van der Waals surface area (Å²) in [7, 11) is 1.40. The summed E-state index contributed by atoms with van der Waals surface area (Å²) >= 11 is 1.79. The lowest BCUT2D eigenvalue weighted by Crippen LogP contribution is -2.01. The average molecular weight is 326 g/mol. The number of alkyl halides is 2. The highest BCUT2D eigenvalue weighted by Crippen LogP contribution is 2.31. The van der Waals surface area contributed by atoms with Crippen LogP contribution in [-0.2, 0) is 0 Å². The Morgan fingerprint density at radius 1 is 1.47 bits per heavy atom. The van der Waals surface area contributed by atoms with E-state index >= 15 is 0 Å². The van der Waals surface area contributed by atoms with Gasteiger partial charge in [-0.2, -0.15) is 0 Å². The molecule has 1 aromatic rings. The summed E-state index contributed by atoms with van der Waals surface area (Å²) in [6.07, 6.45) is -2.58. The lowest BCUT2D eigenvalue weighted by molar-refractivity contribution is 0.101. The molecule has 1 rings (SSSR count). The summed E-state index contributed by atoms with van der Waals surface area (Å²) in [6.45, 7) is 1.32. The summed E-state index contributed by atoms with van der Waals surface area (Å²) in [4.78, 5) is 11.2. The summed E-state index contributed by atoms with van der Waals surface area (Å²) in [5.41, 5.74) is 0.0508. The number of rotatable bonds is 3. The first-order valence-electron chi connectivity index (χ1n) is 4.14. The highest BCUT2D eigenvalue weighted by atomic mass is 127. The third-order valence-corrected chi connectivity index (χ3v) is 2.87. The SMILES string of the molecule is COc1cc(I)c(C(F)F)cc1C(C)=O. The van der Waals surface area contributed by atoms with Crippen molar-refractivity contribution in [1.29, 1.82) is 0 Å². The molecule has 82 valence electrons. The van der Waals surface area contributed by atoms with Crippen LogP contribution in [0.2, 0.25) is 0 Å². The monoisotopic (exact) mass is 326 g/mol. The molecule has 15 heavy (non-hydrogen) atoms. The van der Waals surface area contributed by atoms with Gasteiger partial charge in [0.15, 0.2) is 5.78 Å². The number of hydrogen-bond acceptors (Lipinski definition) is 2. The zero-order valence-electron chi connectivity index (χ0n) is 8.18. The normalized spacial score (nSPS) is 10.5. The predicted molar refractivity (Wildman–Crippen MR) is 60.7 cm³/mol. The fourth-order valence-corrected chi connectivity index (χ4v) is 1.86. The zero-order valence-corrected chi connectivity index (χ0v) is 10.3. The smallest absolute Gasteiger partial charge is 0.264 e. The van der Waals surface area contributed by atoms with Gasteiger partial charge in [0.05, 0.1) is 12.7 Å². The summed E-state index contributed by atoms with van der Waals surface area (Å²) in [5.74, 6) is 0.0430. The van der Waals surface area contributed by atoms with Crippen molar-refractivity contribution >= 4 is 28.4 Å². The summed E-state index contributed by atoms with van der Waals surface area (Å²) in [6, 6.07) is 2.63. The van der Waals surface area contributed by atoms with Gasteiger partial charge in [-0.1, -0.05) is 0 Å². The first-order chi connectivity index (χ1) is 6.97. The fourth-order valence-electron chi connectivity index (χ4n) is 1.18. The number of hydrogen-bond donors (Lipinski definition) is 0. The molecular formula is C10H9F2IO2. The third-order valence-electron chi connectivity index (χ3n) is 1.93. The van der Waals surface area contributed by atoms with Crippen molar-refractivity contribution in [1.82, 2.24) is 0 Å². The topological polar surface area (TPSA) is 26.3 Å². The van der Waals surface area contributed by atoms with Crippen LogP contribution in [0.25, 0.3) is 0 Å². The molecule has 0 aliphatic rings. The maximum absolute atomic E-state index is 12.6. The minimum atomic E-state index is -2.58. The molecule has 2 nitrogen and oxygen atoms in total. The molecule has 1 aromatic carbocycles. The molecule has 0 saturated carbocycles. The van der Waals surface area contributed by atoms with Gasteiger partial charge < -0.3 is 4.74 Å². The molecule has 0 N–H and O–H groups in total. The van der Waals surface area contributed by atoms with E-state index in [0.717, 1.165) is 0 Å². The zero-order chi connectivity index (χ0) is 11.6. The molecule has 0 amide bonds. The number of carbonyl (C=O) groups is 1. The summed E-state index contributed by atoms with van der Waals surface area (Å²) in [5, 5.41) is 0. The van der Waals surface area contributed by atoms with E-state index in [1.54, 1.807) is 22.6 Å². The maximum Gasteiger partial charge on any atom is 0.264 e. The van der Waals surface area contributed by atoms with E-state index in [1.807, 2.05) is 0 Å². The van der Waals surface area contributed by atoms with Gasteiger partial charge in [-0.3, -0.25) is 4.79 Å². The van der Waals surface area contributed by atoms with Crippen molar-refractivity contribution < 1.29 is 18.3 Å². The van der Waals surface area contributed by atoms with Crippen molar-refractivity contribution in [2.24, 2.45) is 0 Å². The van der Waals surface area contributed by atoms with Crippen LogP contribution in [-0.4, -0.2) is 12.9 Å². The first-order valence-corrected chi connectivity index (χ1v) is 5.21. The lowest BCUT2D eigenvalue weighted by atomic mass is 10.1. The number of halogens is 3. The minimum Gasteiger partial charge on any atom is -0.496 e. The van der Waals surface area contributed by atoms with E-state index in [4.69, 9.17) is 4.74 Å². The lowest BCUT2D eigenvalue weighted by Gasteiger charge is -2.10. The molecule has 0 heterocycles. The number of Topliss-reactive ketones (excluding diaryl/α,β-unsaturated/α-hetero) is 1. The van der Waals surface area contributed by atoms with Crippen molar-refractivity contribution in [3.63, 3.8) is 0 Å². The second kappa shape index (κ2) is 4.87. The van der Waals surface area contributed by atoms with E-state index in [9.17, 15) is 13.6 Å². The number of methoxy groups -OCH3 is 1. The van der Waals surface area contributed by atoms with Gasteiger partial charge in [-0.25, -0.2) is 8.78 Å². The number of ketones is 1. The van der Waals surface area contributed by atoms with Crippen LogP contribution in [0.4, 0.5) is 8.78 Å². The first kappa shape index (κ1) is 12.4. The van der Waals surface area contributed by atoms with Crippen molar-refractivity contribution in [2.45, 2.75) is 13.3 Å². The Labute approximate surface area is 99.8 Å². The molecule has 0 spiro atoms. The van der Waals surface area contributed by atoms with Crippen LogP contribution in [0.1, 0.15) is 29.3 Å². The van der Waals surface area contributed by atoms with Crippen molar-refractivity contribution in [3.05, 3.63) is 26.8 Å². The maximum atomic E-state index is 12.6. The molecule has 0 fully saturated rings. The average Bonchev–Trinajstić information content (AvgIpc) is 2.16. The molecule has 0 atom stereocenters. The molecule has 0 radical (unpaired) electrons. The molecular weight excluding hydrogens is 317 g/mol. The molecule has 0 aromatic heterocycles. The van der Waals surface area contributed by atoms with Gasteiger partial charge in [0.25, 0.3) is 6.43 Å². The van der Waals surface area contributed by atoms with Gasteiger partial charge in [0, 0.05) is 9.13 Å². The van der Waals surface area contributed by atoms with E-state index < -0.39 is 6.43 Å².